The molecular weight excluding hydrogens is 643 g/mol. The third-order valence-corrected chi connectivity index (χ3v) is 7.60. The Bertz CT molecular complexity index is 1710. The Morgan fingerprint density at radius 1 is 1.00 bits per heavy atom. The topological polar surface area (TPSA) is 118 Å². The number of rotatable bonds is 10. The summed E-state index contributed by atoms with van der Waals surface area (Å²) in [7, 11) is -3.32. The van der Waals surface area contributed by atoms with Crippen LogP contribution in [0.4, 0.5) is 27.9 Å². The Balaban J connectivity index is 0.00000461. The zero-order chi connectivity index (χ0) is 31.4. The lowest BCUT2D eigenvalue weighted by molar-refractivity contribution is -0.0488. The van der Waals surface area contributed by atoms with Crippen LogP contribution < -0.4 is 20.1 Å². The fourth-order valence-electron chi connectivity index (χ4n) is 4.95. The Morgan fingerprint density at radius 3 is 2.47 bits per heavy atom. The first-order valence-electron chi connectivity index (χ1n) is 13.5. The molecule has 3 atom stereocenters. The maximum atomic E-state index is 15.4. The van der Waals surface area contributed by atoms with Crippen molar-refractivity contribution in [1.29, 1.82) is 0 Å². The quantitative estimate of drug-likeness (QED) is 0.100. The van der Waals surface area contributed by atoms with Crippen LogP contribution in [0.25, 0.3) is 11.3 Å². The summed E-state index contributed by atoms with van der Waals surface area (Å²) in [5.41, 5.74) is -0.208. The van der Waals surface area contributed by atoms with Crippen LogP contribution in [0.1, 0.15) is 30.5 Å². The monoisotopic (exact) mass is 670 g/mol. The molecule has 0 aliphatic carbocycles. The minimum atomic E-state index is -3.32. The molecule has 3 N–H and O–H groups in total. The Kier molecular flexibility index (Phi) is 10.9. The molecular formula is C29H28ClF5N6O3S. The molecule has 1 aliphatic rings. The second-order valence-electron chi connectivity index (χ2n) is 10.2. The van der Waals surface area contributed by atoms with Crippen molar-refractivity contribution in [3.05, 3.63) is 95.6 Å². The average Bonchev–Trinajstić information content (AvgIpc) is 3.00. The van der Waals surface area contributed by atoms with Crippen molar-refractivity contribution in [2.75, 3.05) is 18.4 Å². The Labute approximate surface area is 263 Å². The summed E-state index contributed by atoms with van der Waals surface area (Å²) in [6.07, 6.45) is 2.91. The summed E-state index contributed by atoms with van der Waals surface area (Å²) in [5, 5.41) is 6.02. The molecule has 16 heteroatoms. The van der Waals surface area contributed by atoms with Crippen molar-refractivity contribution in [1.82, 2.24) is 25.0 Å². The number of halogens is 6. The van der Waals surface area contributed by atoms with Gasteiger partial charge in [0.1, 0.15) is 5.82 Å². The number of anilines is 1. The average molecular weight is 671 g/mol. The van der Waals surface area contributed by atoms with Gasteiger partial charge in [-0.3, -0.25) is 0 Å². The first-order chi connectivity index (χ1) is 21.0. The molecule has 3 unspecified atom stereocenters. The normalized spacial score (nSPS) is 17.4. The van der Waals surface area contributed by atoms with Crippen molar-refractivity contribution in [3.63, 3.8) is 0 Å². The van der Waals surface area contributed by atoms with E-state index >= 15 is 13.2 Å². The SMILES string of the molecule is CC(F)(F)C1CNCC(Nc2nccc(-c3cccnc3Oc3cc(F)c(C(N[SH](=O)=O)c4ccccc4)c(F)c3F)n2)C1.Cl. The highest BCUT2D eigenvalue weighted by Gasteiger charge is 2.38. The van der Waals surface area contributed by atoms with Gasteiger partial charge in [-0.05, 0) is 37.1 Å². The molecule has 3 heterocycles. The van der Waals surface area contributed by atoms with E-state index in [-0.39, 0.29) is 60.1 Å². The minimum Gasteiger partial charge on any atom is -0.435 e. The molecule has 4 aromatic rings. The zero-order valence-electron chi connectivity index (χ0n) is 23.5. The van der Waals surface area contributed by atoms with Gasteiger partial charge in [-0.25, -0.2) is 45.7 Å². The molecule has 0 amide bonds. The first kappa shape index (κ1) is 34.0. The minimum absolute atomic E-state index is 0. The van der Waals surface area contributed by atoms with Gasteiger partial charge >= 0.3 is 0 Å². The molecule has 0 saturated carbocycles. The highest BCUT2D eigenvalue weighted by atomic mass is 35.5. The number of ether oxygens (including phenoxy) is 1. The van der Waals surface area contributed by atoms with Crippen LogP contribution in [-0.2, 0) is 10.9 Å². The van der Waals surface area contributed by atoms with Crippen molar-refractivity contribution in [3.8, 4) is 22.9 Å². The molecule has 1 fully saturated rings. The van der Waals surface area contributed by atoms with E-state index in [4.69, 9.17) is 4.74 Å². The standard InChI is InChI=1S/C29H27F5N6O3S.ClH/c1-29(33,34)17-12-18(15-35-14-17)38-28-37-11-9-21(39-28)19-8-5-10-36-27(19)43-22-13-20(30)23(25(32)24(22)31)26(40-44(41)42)16-6-3-2-4-7-16;/h2-11,13,17-18,26,35,44H,12,14-15H2,1H3,(H,37,38,39)(H,40,41,42);1H. The van der Waals surface area contributed by atoms with Gasteiger partial charge in [-0.15, -0.1) is 12.4 Å². The second-order valence-corrected chi connectivity index (χ2v) is 11.0. The van der Waals surface area contributed by atoms with Gasteiger partial charge in [0.2, 0.25) is 34.5 Å². The van der Waals surface area contributed by atoms with E-state index in [0.717, 1.165) is 6.92 Å². The van der Waals surface area contributed by atoms with Gasteiger partial charge in [0.25, 0.3) is 0 Å². The molecule has 9 nitrogen and oxygen atoms in total. The van der Waals surface area contributed by atoms with Gasteiger partial charge in [-0.1, -0.05) is 30.3 Å². The number of piperidine rings is 1. The lowest BCUT2D eigenvalue weighted by Gasteiger charge is -2.33. The van der Waals surface area contributed by atoms with Gasteiger partial charge < -0.3 is 15.4 Å². The van der Waals surface area contributed by atoms with Crippen LogP contribution in [0.3, 0.4) is 0 Å². The van der Waals surface area contributed by atoms with Crippen LogP contribution in [-0.4, -0.2) is 48.4 Å². The predicted octanol–water partition coefficient (Wildman–Crippen LogP) is 5.42. The summed E-state index contributed by atoms with van der Waals surface area (Å²) in [6, 6.07) is 10.8. The van der Waals surface area contributed by atoms with E-state index in [1.807, 2.05) is 0 Å². The van der Waals surface area contributed by atoms with Crippen LogP contribution in [0, 0.1) is 23.4 Å². The summed E-state index contributed by atoms with van der Waals surface area (Å²) in [6.45, 7) is 1.48. The number of thiol groups is 1. The number of aromatic nitrogens is 3. The number of hydrogen-bond acceptors (Lipinski definition) is 8. The summed E-state index contributed by atoms with van der Waals surface area (Å²) in [5.74, 6) is -9.17. The lowest BCUT2D eigenvalue weighted by atomic mass is 9.91. The van der Waals surface area contributed by atoms with Crippen molar-refractivity contribution >= 4 is 29.2 Å². The van der Waals surface area contributed by atoms with Crippen LogP contribution in [0.2, 0.25) is 0 Å². The van der Waals surface area contributed by atoms with Crippen LogP contribution >= 0.6 is 12.4 Å². The number of hydrogen-bond donors (Lipinski definition) is 4. The number of benzene rings is 2. The predicted molar refractivity (Wildman–Crippen MR) is 160 cm³/mol. The van der Waals surface area contributed by atoms with Crippen molar-refractivity contribution < 1.29 is 35.1 Å². The largest absolute Gasteiger partial charge is 0.435 e. The third-order valence-electron chi connectivity index (χ3n) is 7.13. The van der Waals surface area contributed by atoms with Gasteiger partial charge in [0.15, 0.2) is 11.6 Å². The van der Waals surface area contributed by atoms with Crippen LogP contribution in [0.15, 0.2) is 67.0 Å². The third kappa shape index (κ3) is 8.03. The first-order valence-corrected chi connectivity index (χ1v) is 14.6. The maximum absolute atomic E-state index is 15.4. The smallest absolute Gasteiger partial charge is 0.249 e. The summed E-state index contributed by atoms with van der Waals surface area (Å²) >= 11 is 0. The van der Waals surface area contributed by atoms with E-state index in [2.05, 4.69) is 30.3 Å². The zero-order valence-corrected chi connectivity index (χ0v) is 25.2. The van der Waals surface area contributed by atoms with E-state index in [9.17, 15) is 17.2 Å². The molecule has 0 spiro atoms. The Morgan fingerprint density at radius 2 is 1.76 bits per heavy atom. The van der Waals surface area contributed by atoms with Gasteiger partial charge in [0, 0.05) is 49.1 Å². The maximum Gasteiger partial charge on any atom is 0.249 e. The van der Waals surface area contributed by atoms with Gasteiger partial charge in [0.05, 0.1) is 17.3 Å². The molecule has 1 aliphatic heterocycles. The molecule has 240 valence electrons. The van der Waals surface area contributed by atoms with Crippen LogP contribution in [0.5, 0.6) is 11.6 Å². The van der Waals surface area contributed by atoms with Crippen molar-refractivity contribution in [2.24, 2.45) is 5.92 Å². The highest BCUT2D eigenvalue weighted by Crippen LogP contribution is 2.37. The number of nitrogens with one attached hydrogen (secondary N) is 3. The molecule has 1 saturated heterocycles. The van der Waals surface area contributed by atoms with E-state index in [1.54, 1.807) is 6.07 Å². The second kappa shape index (κ2) is 14.5. The fraction of sp³-hybridized carbons (Fsp3) is 0.276. The molecule has 5 rings (SSSR count). The molecule has 2 aromatic heterocycles. The van der Waals surface area contributed by atoms with E-state index in [1.165, 1.54) is 54.9 Å². The lowest BCUT2D eigenvalue weighted by Crippen LogP contribution is -2.48. The number of nitrogens with zero attached hydrogens (tertiary/aromatic N) is 3. The van der Waals surface area contributed by atoms with Crippen molar-refractivity contribution in [2.45, 2.75) is 31.4 Å². The summed E-state index contributed by atoms with van der Waals surface area (Å²) in [4.78, 5) is 12.7. The summed E-state index contributed by atoms with van der Waals surface area (Å²) < 4.78 is 104. The highest BCUT2D eigenvalue weighted by molar-refractivity contribution is 7.70. The van der Waals surface area contributed by atoms with Gasteiger partial charge in [-0.2, -0.15) is 4.39 Å². The molecule has 2 aromatic carbocycles. The van der Waals surface area contributed by atoms with E-state index < -0.39 is 57.5 Å². The molecule has 0 bridgehead atoms. The fourth-order valence-corrected chi connectivity index (χ4v) is 5.44. The number of pyridine rings is 1. The van der Waals surface area contributed by atoms with E-state index in [0.29, 0.717) is 12.6 Å². The molecule has 45 heavy (non-hydrogen) atoms. The molecule has 0 radical (unpaired) electrons. The number of alkyl halides is 2. The Hall–Kier alpha value is -3.92.